The molecular formula is C19H31FIN5O2. The van der Waals surface area contributed by atoms with E-state index in [1.807, 2.05) is 11.8 Å². The van der Waals surface area contributed by atoms with Gasteiger partial charge in [0.2, 0.25) is 5.91 Å². The summed E-state index contributed by atoms with van der Waals surface area (Å²) in [5, 5.41) is 6.33. The molecule has 2 N–H and O–H groups in total. The van der Waals surface area contributed by atoms with E-state index in [1.54, 1.807) is 19.2 Å². The smallest absolute Gasteiger partial charge is 0.224 e. The third-order valence-corrected chi connectivity index (χ3v) is 4.37. The number of methoxy groups -OCH3 is 1. The summed E-state index contributed by atoms with van der Waals surface area (Å²) in [6, 6.07) is 6.49. The van der Waals surface area contributed by atoms with Crippen LogP contribution in [0.4, 0.5) is 10.1 Å². The van der Waals surface area contributed by atoms with Crippen molar-refractivity contribution >= 4 is 41.5 Å². The standard InChI is InChI=1S/C19H30FN5O2.HI/c1-3-21-19(23-10-15-27-2)22-9-8-18(26)25-13-11-24(12-14-25)17-6-4-16(20)5-7-17;/h4-7H,3,8-15H2,1-2H3,(H2,21,22,23);1H. The van der Waals surface area contributed by atoms with E-state index in [1.165, 1.54) is 12.1 Å². The lowest BCUT2D eigenvalue weighted by Crippen LogP contribution is -2.49. The highest BCUT2D eigenvalue weighted by Gasteiger charge is 2.21. The predicted molar refractivity (Wildman–Crippen MR) is 121 cm³/mol. The monoisotopic (exact) mass is 507 g/mol. The zero-order valence-corrected chi connectivity index (χ0v) is 18.9. The fourth-order valence-electron chi connectivity index (χ4n) is 2.90. The lowest BCUT2D eigenvalue weighted by molar-refractivity contribution is -0.131. The predicted octanol–water partition coefficient (Wildman–Crippen LogP) is 1.68. The highest BCUT2D eigenvalue weighted by atomic mass is 127. The third-order valence-electron chi connectivity index (χ3n) is 4.37. The Bertz CT molecular complexity index is 607. The molecule has 1 aliphatic rings. The Morgan fingerprint density at radius 1 is 1.18 bits per heavy atom. The normalized spacial score (nSPS) is 14.5. The van der Waals surface area contributed by atoms with Crippen molar-refractivity contribution in [1.29, 1.82) is 0 Å². The molecule has 0 spiro atoms. The van der Waals surface area contributed by atoms with E-state index < -0.39 is 0 Å². The van der Waals surface area contributed by atoms with Crippen molar-refractivity contribution in [1.82, 2.24) is 15.5 Å². The number of guanidine groups is 1. The molecule has 158 valence electrons. The van der Waals surface area contributed by atoms with E-state index in [0.717, 1.165) is 25.3 Å². The molecule has 1 amide bonds. The highest BCUT2D eigenvalue weighted by Crippen LogP contribution is 2.17. The van der Waals surface area contributed by atoms with E-state index in [-0.39, 0.29) is 35.7 Å². The number of halogens is 2. The first-order chi connectivity index (χ1) is 13.1. The minimum Gasteiger partial charge on any atom is -0.383 e. The molecule has 1 aromatic carbocycles. The number of carbonyl (C=O) groups excluding carboxylic acids is 1. The molecule has 9 heteroatoms. The Labute approximate surface area is 183 Å². The molecule has 1 saturated heterocycles. The van der Waals surface area contributed by atoms with E-state index in [2.05, 4.69) is 20.5 Å². The van der Waals surface area contributed by atoms with Gasteiger partial charge in [0.05, 0.1) is 13.2 Å². The minimum atomic E-state index is -0.234. The fourth-order valence-corrected chi connectivity index (χ4v) is 2.90. The summed E-state index contributed by atoms with van der Waals surface area (Å²) >= 11 is 0. The molecule has 0 unspecified atom stereocenters. The van der Waals surface area contributed by atoms with Crippen LogP contribution in [-0.4, -0.2) is 76.3 Å². The van der Waals surface area contributed by atoms with Crippen LogP contribution < -0.4 is 15.5 Å². The van der Waals surface area contributed by atoms with E-state index in [4.69, 9.17) is 4.74 Å². The second kappa shape index (κ2) is 13.5. The summed E-state index contributed by atoms with van der Waals surface area (Å²) in [7, 11) is 1.64. The Hall–Kier alpha value is -1.62. The van der Waals surface area contributed by atoms with Gasteiger partial charge in [-0.25, -0.2) is 4.39 Å². The van der Waals surface area contributed by atoms with Crippen LogP contribution in [0.3, 0.4) is 0 Å². The van der Waals surface area contributed by atoms with Gasteiger partial charge in [-0.1, -0.05) is 0 Å². The zero-order valence-electron chi connectivity index (χ0n) is 16.6. The van der Waals surface area contributed by atoms with Crippen LogP contribution in [-0.2, 0) is 9.53 Å². The number of aliphatic imine (C=N–C) groups is 1. The largest absolute Gasteiger partial charge is 0.383 e. The van der Waals surface area contributed by atoms with Gasteiger partial charge in [0.1, 0.15) is 5.82 Å². The van der Waals surface area contributed by atoms with E-state index >= 15 is 0 Å². The van der Waals surface area contributed by atoms with Gasteiger partial charge in [-0.15, -0.1) is 24.0 Å². The van der Waals surface area contributed by atoms with Crippen LogP contribution >= 0.6 is 24.0 Å². The number of anilines is 1. The van der Waals surface area contributed by atoms with Crippen molar-refractivity contribution in [3.8, 4) is 0 Å². The summed E-state index contributed by atoms with van der Waals surface area (Å²) < 4.78 is 18.0. The molecule has 0 aromatic heterocycles. The Balaban J connectivity index is 0.00000392. The fraction of sp³-hybridized carbons (Fsp3) is 0.579. The summed E-state index contributed by atoms with van der Waals surface area (Å²) in [6.45, 7) is 7.31. The zero-order chi connectivity index (χ0) is 19.5. The van der Waals surface area contributed by atoms with Crippen LogP contribution in [0.1, 0.15) is 13.3 Å². The number of benzene rings is 1. The summed E-state index contributed by atoms with van der Waals surface area (Å²) in [5.74, 6) is 0.597. The second-order valence-electron chi connectivity index (χ2n) is 6.27. The van der Waals surface area contributed by atoms with Crippen molar-refractivity contribution in [2.24, 2.45) is 4.99 Å². The maximum absolute atomic E-state index is 13.0. The van der Waals surface area contributed by atoms with Crippen LogP contribution in [0.25, 0.3) is 0 Å². The van der Waals surface area contributed by atoms with Gasteiger partial charge < -0.3 is 25.2 Å². The highest BCUT2D eigenvalue weighted by molar-refractivity contribution is 14.0. The van der Waals surface area contributed by atoms with Crippen LogP contribution in [0.15, 0.2) is 29.3 Å². The van der Waals surface area contributed by atoms with Crippen molar-refractivity contribution in [3.05, 3.63) is 30.1 Å². The number of rotatable bonds is 8. The van der Waals surface area contributed by atoms with Crippen molar-refractivity contribution in [2.75, 3.05) is 64.4 Å². The number of piperazine rings is 1. The summed E-state index contributed by atoms with van der Waals surface area (Å²) in [6.07, 6.45) is 0.422. The van der Waals surface area contributed by atoms with Gasteiger partial charge in [-0.3, -0.25) is 9.79 Å². The molecule has 0 radical (unpaired) electrons. The summed E-state index contributed by atoms with van der Waals surface area (Å²) in [5.41, 5.74) is 0.993. The van der Waals surface area contributed by atoms with Gasteiger partial charge >= 0.3 is 0 Å². The molecule has 0 aliphatic carbocycles. The second-order valence-corrected chi connectivity index (χ2v) is 6.27. The number of hydrogen-bond donors (Lipinski definition) is 2. The van der Waals surface area contributed by atoms with E-state index in [9.17, 15) is 9.18 Å². The van der Waals surface area contributed by atoms with Gasteiger partial charge in [0.15, 0.2) is 5.96 Å². The van der Waals surface area contributed by atoms with Crippen molar-refractivity contribution in [3.63, 3.8) is 0 Å². The molecular weight excluding hydrogens is 476 g/mol. The minimum absolute atomic E-state index is 0. The first kappa shape index (κ1) is 24.4. The molecule has 1 fully saturated rings. The molecule has 0 atom stereocenters. The Morgan fingerprint density at radius 3 is 2.46 bits per heavy atom. The quantitative estimate of drug-likeness (QED) is 0.243. The van der Waals surface area contributed by atoms with Crippen molar-refractivity contribution < 1.29 is 13.9 Å². The lowest BCUT2D eigenvalue weighted by atomic mass is 10.2. The van der Waals surface area contributed by atoms with Gasteiger partial charge in [-0.05, 0) is 31.2 Å². The average Bonchev–Trinajstić information content (AvgIpc) is 2.69. The molecule has 1 aliphatic heterocycles. The molecule has 0 bridgehead atoms. The first-order valence-electron chi connectivity index (χ1n) is 9.43. The SMILES string of the molecule is CCNC(=NCCOC)NCCC(=O)N1CCN(c2ccc(F)cc2)CC1.I. The first-order valence-corrected chi connectivity index (χ1v) is 9.43. The topological polar surface area (TPSA) is 69.2 Å². The number of nitrogens with zero attached hydrogens (tertiary/aromatic N) is 3. The molecule has 1 aromatic rings. The van der Waals surface area contributed by atoms with Crippen LogP contribution in [0.2, 0.25) is 0 Å². The van der Waals surface area contributed by atoms with Crippen molar-refractivity contribution in [2.45, 2.75) is 13.3 Å². The molecule has 28 heavy (non-hydrogen) atoms. The number of amides is 1. The number of ether oxygens (including phenoxy) is 1. The van der Waals surface area contributed by atoms with Gasteiger partial charge in [0.25, 0.3) is 0 Å². The lowest BCUT2D eigenvalue weighted by Gasteiger charge is -2.36. The number of nitrogens with one attached hydrogen (secondary N) is 2. The molecule has 2 rings (SSSR count). The molecule has 7 nitrogen and oxygen atoms in total. The maximum Gasteiger partial charge on any atom is 0.224 e. The average molecular weight is 507 g/mol. The van der Waals surface area contributed by atoms with Gasteiger partial charge in [0, 0.05) is 58.5 Å². The Kier molecular flexibility index (Phi) is 11.8. The number of carbonyl (C=O) groups is 1. The van der Waals surface area contributed by atoms with Gasteiger partial charge in [-0.2, -0.15) is 0 Å². The summed E-state index contributed by atoms with van der Waals surface area (Å²) in [4.78, 5) is 20.9. The van der Waals surface area contributed by atoms with Crippen LogP contribution in [0.5, 0.6) is 0 Å². The Morgan fingerprint density at radius 2 is 1.86 bits per heavy atom. The number of hydrogen-bond acceptors (Lipinski definition) is 4. The molecule has 1 heterocycles. The van der Waals surface area contributed by atoms with Crippen LogP contribution in [0, 0.1) is 5.82 Å². The molecule has 0 saturated carbocycles. The van der Waals surface area contributed by atoms with E-state index in [0.29, 0.717) is 45.2 Å². The maximum atomic E-state index is 13.0. The third kappa shape index (κ3) is 8.17.